The topological polar surface area (TPSA) is 53.9 Å². The van der Waals surface area contributed by atoms with Crippen molar-refractivity contribution in [2.24, 2.45) is 4.99 Å². The first-order chi connectivity index (χ1) is 8.69. The largest absolute Gasteiger partial charge is 0.497 e. The van der Waals surface area contributed by atoms with Crippen LogP contribution in [-0.2, 0) is 0 Å². The van der Waals surface area contributed by atoms with Gasteiger partial charge in [-0.1, -0.05) is 6.07 Å². The number of amidine groups is 1. The number of likely N-dealkylation sites (tertiary alicyclic amines) is 1. The van der Waals surface area contributed by atoms with Crippen molar-refractivity contribution in [3.63, 3.8) is 0 Å². The van der Waals surface area contributed by atoms with Crippen molar-refractivity contribution in [2.45, 2.75) is 12.8 Å². The van der Waals surface area contributed by atoms with Crippen molar-refractivity contribution in [3.05, 3.63) is 24.3 Å². The summed E-state index contributed by atoms with van der Waals surface area (Å²) in [5.74, 6) is 1.55. The molecule has 1 aromatic rings. The first-order valence-corrected chi connectivity index (χ1v) is 5.93. The van der Waals surface area contributed by atoms with Gasteiger partial charge in [0.25, 0.3) is 0 Å². The number of hydrogen-bond acceptors (Lipinski definition) is 2. The van der Waals surface area contributed by atoms with Gasteiger partial charge in [0.05, 0.1) is 7.11 Å². The van der Waals surface area contributed by atoms with Crippen LogP contribution in [0.15, 0.2) is 29.3 Å². The van der Waals surface area contributed by atoms with Crippen LogP contribution in [0.5, 0.6) is 5.75 Å². The van der Waals surface area contributed by atoms with Gasteiger partial charge in [0.15, 0.2) is 0 Å². The molecule has 2 amide bonds. The minimum atomic E-state index is -0.341. The predicted molar refractivity (Wildman–Crippen MR) is 71.3 cm³/mol. The summed E-state index contributed by atoms with van der Waals surface area (Å²) in [4.78, 5) is 17.8. The number of rotatable bonds is 2. The molecule has 0 radical (unpaired) electrons. The molecule has 1 aliphatic rings. The molecule has 0 atom stereocenters. The van der Waals surface area contributed by atoms with E-state index in [-0.39, 0.29) is 6.03 Å². The number of anilines is 1. The van der Waals surface area contributed by atoms with Crippen LogP contribution in [0.25, 0.3) is 0 Å². The van der Waals surface area contributed by atoms with Gasteiger partial charge in [-0.15, -0.1) is 0 Å². The number of hydrogen-bond donors (Lipinski definition) is 1. The summed E-state index contributed by atoms with van der Waals surface area (Å²) in [5.41, 5.74) is 0.685. The van der Waals surface area contributed by atoms with E-state index in [1.54, 1.807) is 19.2 Å². The Balaban J connectivity index is 2.02. The molecule has 0 unspecified atom stereocenters. The van der Waals surface area contributed by atoms with E-state index < -0.39 is 0 Å². The van der Waals surface area contributed by atoms with Gasteiger partial charge >= 0.3 is 6.03 Å². The summed E-state index contributed by atoms with van der Waals surface area (Å²) in [6.07, 6.45) is 1.92. The first kappa shape index (κ1) is 12.4. The second-order valence-corrected chi connectivity index (χ2v) is 4.22. The average Bonchev–Trinajstić information content (AvgIpc) is 2.75. The Morgan fingerprint density at radius 1 is 1.50 bits per heavy atom. The fourth-order valence-electron chi connectivity index (χ4n) is 1.90. The highest BCUT2D eigenvalue weighted by atomic mass is 16.5. The fourth-order valence-corrected chi connectivity index (χ4v) is 1.90. The van der Waals surface area contributed by atoms with Crippen LogP contribution in [0.4, 0.5) is 10.5 Å². The maximum Gasteiger partial charge on any atom is 0.347 e. The Morgan fingerprint density at radius 2 is 2.33 bits per heavy atom. The van der Waals surface area contributed by atoms with Gasteiger partial charge in [0, 0.05) is 31.8 Å². The van der Waals surface area contributed by atoms with E-state index in [9.17, 15) is 4.79 Å². The van der Waals surface area contributed by atoms with Crippen molar-refractivity contribution in [1.82, 2.24) is 4.90 Å². The standard InChI is InChI=1S/C13H17N3O2/c1-16-8-4-7-12(16)15-13(17)14-10-5-3-6-11(9-10)18-2/h3,5-6,9H,4,7-8H2,1-2H3,(H,14,17). The van der Waals surface area contributed by atoms with Crippen molar-refractivity contribution in [1.29, 1.82) is 0 Å². The molecule has 5 heteroatoms. The zero-order chi connectivity index (χ0) is 13.0. The van der Waals surface area contributed by atoms with E-state index in [4.69, 9.17) is 4.74 Å². The van der Waals surface area contributed by atoms with Crippen molar-refractivity contribution >= 4 is 17.6 Å². The smallest absolute Gasteiger partial charge is 0.347 e. The third kappa shape index (κ3) is 3.00. The van der Waals surface area contributed by atoms with Crippen LogP contribution in [0.2, 0.25) is 0 Å². The number of ether oxygens (including phenoxy) is 1. The maximum absolute atomic E-state index is 11.7. The molecule has 2 rings (SSSR count). The monoisotopic (exact) mass is 247 g/mol. The molecule has 5 nitrogen and oxygen atoms in total. The van der Waals surface area contributed by atoms with Gasteiger partial charge < -0.3 is 15.0 Å². The summed E-state index contributed by atoms with van der Waals surface area (Å²) in [7, 11) is 3.54. The number of urea groups is 1. The first-order valence-electron chi connectivity index (χ1n) is 5.93. The van der Waals surface area contributed by atoms with E-state index in [0.29, 0.717) is 11.4 Å². The Morgan fingerprint density at radius 3 is 3.00 bits per heavy atom. The van der Waals surface area contributed by atoms with E-state index in [2.05, 4.69) is 10.3 Å². The molecule has 1 aromatic carbocycles. The molecule has 0 aromatic heterocycles. The summed E-state index contributed by atoms with van der Waals surface area (Å²) < 4.78 is 5.09. The highest BCUT2D eigenvalue weighted by molar-refractivity contribution is 6.00. The highest BCUT2D eigenvalue weighted by Gasteiger charge is 2.15. The second kappa shape index (κ2) is 5.53. The maximum atomic E-state index is 11.7. The van der Waals surface area contributed by atoms with E-state index in [1.807, 2.05) is 24.1 Å². The van der Waals surface area contributed by atoms with Crippen LogP contribution in [0.3, 0.4) is 0 Å². The average molecular weight is 247 g/mol. The lowest BCUT2D eigenvalue weighted by Crippen LogP contribution is -2.21. The van der Waals surface area contributed by atoms with Gasteiger partial charge in [-0.05, 0) is 18.6 Å². The molecule has 96 valence electrons. The quantitative estimate of drug-likeness (QED) is 0.872. The Kier molecular flexibility index (Phi) is 3.82. The normalized spacial score (nSPS) is 17.0. The molecule has 0 spiro atoms. The molecule has 1 aliphatic heterocycles. The molecule has 1 N–H and O–H groups in total. The number of methoxy groups -OCH3 is 1. The summed E-state index contributed by atoms with van der Waals surface area (Å²) in [6, 6.07) is 6.87. The van der Waals surface area contributed by atoms with Crippen LogP contribution < -0.4 is 10.1 Å². The summed E-state index contributed by atoms with van der Waals surface area (Å²) >= 11 is 0. The molecule has 1 heterocycles. The van der Waals surface area contributed by atoms with Gasteiger partial charge in [-0.3, -0.25) is 0 Å². The lowest BCUT2D eigenvalue weighted by molar-refractivity contribution is 0.259. The molecule has 0 aliphatic carbocycles. The van der Waals surface area contributed by atoms with E-state index in [1.165, 1.54) is 0 Å². The second-order valence-electron chi connectivity index (χ2n) is 4.22. The van der Waals surface area contributed by atoms with Gasteiger partial charge in [0.2, 0.25) is 0 Å². The molecular formula is C13H17N3O2. The summed E-state index contributed by atoms with van der Waals surface area (Å²) in [5, 5.41) is 2.73. The van der Waals surface area contributed by atoms with Gasteiger partial charge in [0.1, 0.15) is 11.6 Å². The predicted octanol–water partition coefficient (Wildman–Crippen LogP) is 2.35. The van der Waals surface area contributed by atoms with E-state index in [0.717, 1.165) is 25.2 Å². The van der Waals surface area contributed by atoms with Crippen LogP contribution in [0, 0.1) is 0 Å². The molecule has 1 saturated heterocycles. The third-order valence-corrected chi connectivity index (χ3v) is 2.89. The molecule has 0 bridgehead atoms. The zero-order valence-corrected chi connectivity index (χ0v) is 10.6. The van der Waals surface area contributed by atoms with Gasteiger partial charge in [-0.2, -0.15) is 4.99 Å². The molecule has 1 fully saturated rings. The Bertz CT molecular complexity index is 471. The van der Waals surface area contributed by atoms with E-state index >= 15 is 0 Å². The lowest BCUT2D eigenvalue weighted by atomic mass is 10.3. The van der Waals surface area contributed by atoms with Crippen LogP contribution >= 0.6 is 0 Å². The number of nitrogens with one attached hydrogen (secondary N) is 1. The Labute approximate surface area is 106 Å². The summed E-state index contributed by atoms with van der Waals surface area (Å²) in [6.45, 7) is 0.964. The Hall–Kier alpha value is -2.04. The minimum absolute atomic E-state index is 0.341. The number of aliphatic imine (C=N–C) groups is 1. The third-order valence-electron chi connectivity index (χ3n) is 2.89. The zero-order valence-electron chi connectivity index (χ0n) is 10.6. The van der Waals surface area contributed by atoms with Crippen LogP contribution in [0.1, 0.15) is 12.8 Å². The SMILES string of the molecule is COc1cccc(NC(=O)N=C2CCCN2C)c1. The minimum Gasteiger partial charge on any atom is -0.497 e. The molecular weight excluding hydrogens is 230 g/mol. The van der Waals surface area contributed by atoms with Crippen molar-refractivity contribution < 1.29 is 9.53 Å². The molecule has 0 saturated carbocycles. The van der Waals surface area contributed by atoms with Crippen molar-refractivity contribution in [3.8, 4) is 5.75 Å². The molecule has 18 heavy (non-hydrogen) atoms. The number of amides is 2. The highest BCUT2D eigenvalue weighted by Crippen LogP contribution is 2.17. The number of nitrogens with zero attached hydrogens (tertiary/aromatic N) is 2. The lowest BCUT2D eigenvalue weighted by Gasteiger charge is -2.10. The van der Waals surface area contributed by atoms with Crippen molar-refractivity contribution in [2.75, 3.05) is 26.0 Å². The number of carbonyl (C=O) groups excluding carboxylic acids is 1. The van der Waals surface area contributed by atoms with Gasteiger partial charge in [-0.25, -0.2) is 4.79 Å². The van der Waals surface area contributed by atoms with Crippen LogP contribution in [-0.4, -0.2) is 37.5 Å². The fraction of sp³-hybridized carbons (Fsp3) is 0.385. The number of carbonyl (C=O) groups is 1. The number of benzene rings is 1.